The number of Topliss-reactive ketones (excluding diaryl/α,β-unsaturated/α-hetero) is 1. The maximum Gasteiger partial charge on any atom is 0.238 e. The fraction of sp³-hybridized carbons (Fsp3) is 0.0769. The van der Waals surface area contributed by atoms with Gasteiger partial charge in [0, 0.05) is 16.8 Å². The first kappa shape index (κ1) is 25.1. The van der Waals surface area contributed by atoms with Gasteiger partial charge in [0.1, 0.15) is 11.6 Å². The number of anilines is 2. The van der Waals surface area contributed by atoms with E-state index in [9.17, 15) is 18.5 Å². The summed E-state index contributed by atoms with van der Waals surface area (Å²) in [4.78, 5) is 21.6. The van der Waals surface area contributed by atoms with Gasteiger partial charge in [-0.1, -0.05) is 78.0 Å². The molecule has 3 aromatic carbocycles. The number of aromatic nitrogens is 2. The molecule has 0 atom stereocenters. The fourth-order valence-electron chi connectivity index (χ4n) is 3.35. The molecule has 10 heteroatoms. The topological polar surface area (TPSA) is 139 Å². The molecule has 0 fully saturated rings. The molecule has 1 heterocycles. The molecule has 36 heavy (non-hydrogen) atoms. The summed E-state index contributed by atoms with van der Waals surface area (Å²) in [7, 11) is -3.92. The molecule has 0 saturated heterocycles. The summed E-state index contributed by atoms with van der Waals surface area (Å²) in [6, 6.07) is 24.5. The van der Waals surface area contributed by atoms with E-state index in [1.54, 1.807) is 30.3 Å². The average molecular weight is 516 g/mol. The highest BCUT2D eigenvalue weighted by Crippen LogP contribution is 2.31. The first-order valence-corrected chi connectivity index (χ1v) is 13.3. The molecule has 0 aliphatic carbocycles. The van der Waals surface area contributed by atoms with Crippen molar-refractivity contribution in [2.75, 3.05) is 11.1 Å². The maximum atomic E-state index is 12.6. The Hall–Kier alpha value is -4.04. The molecule has 0 aliphatic rings. The Bertz CT molecular complexity index is 1570. The second-order valence-corrected chi connectivity index (χ2v) is 10.3. The standard InChI is InChI=1S/C26H21N5O3S2/c1-17-10-12-19(13-11-17)24-22(15-27)25(29-20-8-5-9-21(14-20)36(28,33)34)31-26(30-24)35-16-23(32)18-6-3-2-4-7-18/h2-14H,16H2,1H3,(H2,28,33,34)(H,29,30,31). The highest BCUT2D eigenvalue weighted by atomic mass is 32.2. The van der Waals surface area contributed by atoms with Crippen LogP contribution >= 0.6 is 11.8 Å². The fourth-order valence-corrected chi connectivity index (χ4v) is 4.64. The van der Waals surface area contributed by atoms with Gasteiger partial charge in [-0.25, -0.2) is 23.5 Å². The lowest BCUT2D eigenvalue weighted by atomic mass is 10.1. The number of nitrogens with zero attached hydrogens (tertiary/aromatic N) is 3. The minimum Gasteiger partial charge on any atom is -0.339 e. The van der Waals surface area contributed by atoms with Gasteiger partial charge in [-0.2, -0.15) is 5.26 Å². The van der Waals surface area contributed by atoms with Crippen molar-refractivity contribution in [3.05, 3.63) is 95.6 Å². The molecule has 0 bridgehead atoms. The Balaban J connectivity index is 1.75. The lowest BCUT2D eigenvalue weighted by Gasteiger charge is -2.13. The van der Waals surface area contributed by atoms with E-state index >= 15 is 0 Å². The van der Waals surface area contributed by atoms with Crippen LogP contribution in [0.15, 0.2) is 88.9 Å². The van der Waals surface area contributed by atoms with Gasteiger partial charge < -0.3 is 5.32 Å². The molecule has 0 amide bonds. The zero-order valence-electron chi connectivity index (χ0n) is 19.2. The third kappa shape index (κ3) is 5.95. The van der Waals surface area contributed by atoms with Crippen molar-refractivity contribution in [2.45, 2.75) is 17.0 Å². The second-order valence-electron chi connectivity index (χ2n) is 7.83. The molecular formula is C26H21N5O3S2. The van der Waals surface area contributed by atoms with Gasteiger partial charge in [0.05, 0.1) is 16.3 Å². The van der Waals surface area contributed by atoms with Gasteiger partial charge in [-0.05, 0) is 25.1 Å². The van der Waals surface area contributed by atoms with Crippen molar-refractivity contribution in [1.82, 2.24) is 9.97 Å². The normalized spacial score (nSPS) is 11.0. The molecule has 4 aromatic rings. The number of hydrogen-bond donors (Lipinski definition) is 2. The van der Waals surface area contributed by atoms with E-state index in [2.05, 4.69) is 21.4 Å². The largest absolute Gasteiger partial charge is 0.339 e. The summed E-state index contributed by atoms with van der Waals surface area (Å²) in [6.45, 7) is 1.96. The number of carbonyl (C=O) groups excluding carboxylic acids is 1. The van der Waals surface area contributed by atoms with Crippen LogP contribution in [0.1, 0.15) is 21.5 Å². The number of primary sulfonamides is 1. The number of aryl methyl sites for hydroxylation is 1. The van der Waals surface area contributed by atoms with E-state index < -0.39 is 10.0 Å². The van der Waals surface area contributed by atoms with Crippen LogP contribution in [0.25, 0.3) is 11.3 Å². The van der Waals surface area contributed by atoms with Crippen LogP contribution in [-0.2, 0) is 10.0 Å². The zero-order chi connectivity index (χ0) is 25.7. The van der Waals surface area contributed by atoms with E-state index in [4.69, 9.17) is 5.14 Å². The van der Waals surface area contributed by atoms with Crippen LogP contribution in [0, 0.1) is 18.3 Å². The molecule has 8 nitrogen and oxygen atoms in total. The molecule has 4 rings (SSSR count). The quantitative estimate of drug-likeness (QED) is 0.196. The van der Waals surface area contributed by atoms with E-state index in [0.717, 1.165) is 17.3 Å². The van der Waals surface area contributed by atoms with Gasteiger partial charge >= 0.3 is 0 Å². The van der Waals surface area contributed by atoms with Crippen LogP contribution in [0.3, 0.4) is 0 Å². The second kappa shape index (κ2) is 10.7. The smallest absolute Gasteiger partial charge is 0.238 e. The molecule has 0 saturated carbocycles. The monoisotopic (exact) mass is 515 g/mol. The number of hydrogen-bond acceptors (Lipinski definition) is 8. The summed E-state index contributed by atoms with van der Waals surface area (Å²) < 4.78 is 23.6. The minimum absolute atomic E-state index is 0.0816. The average Bonchev–Trinajstić information content (AvgIpc) is 2.87. The van der Waals surface area contributed by atoms with Crippen molar-refractivity contribution in [1.29, 1.82) is 5.26 Å². The number of rotatable bonds is 8. The summed E-state index contributed by atoms with van der Waals surface area (Å²) in [5.74, 6) is 0.203. The van der Waals surface area contributed by atoms with E-state index in [-0.39, 0.29) is 27.8 Å². The lowest BCUT2D eigenvalue weighted by molar-refractivity contribution is 0.102. The highest BCUT2D eigenvalue weighted by molar-refractivity contribution is 7.99. The number of carbonyl (C=O) groups is 1. The Morgan fingerprint density at radius 2 is 1.75 bits per heavy atom. The number of nitrogens with one attached hydrogen (secondary N) is 1. The number of ketones is 1. The lowest BCUT2D eigenvalue weighted by Crippen LogP contribution is -2.12. The van der Waals surface area contributed by atoms with Crippen LogP contribution in [0.2, 0.25) is 0 Å². The van der Waals surface area contributed by atoms with Crippen LogP contribution < -0.4 is 10.5 Å². The van der Waals surface area contributed by atoms with Gasteiger partial charge in [-0.3, -0.25) is 4.79 Å². The number of nitriles is 1. The Kier molecular flexibility index (Phi) is 7.45. The van der Waals surface area contributed by atoms with E-state index in [1.165, 1.54) is 18.2 Å². The van der Waals surface area contributed by atoms with Gasteiger partial charge in [-0.15, -0.1) is 0 Å². The van der Waals surface area contributed by atoms with Crippen molar-refractivity contribution >= 4 is 39.1 Å². The molecular weight excluding hydrogens is 494 g/mol. The number of sulfonamides is 1. The SMILES string of the molecule is Cc1ccc(-c2nc(SCC(=O)c3ccccc3)nc(Nc3cccc(S(N)(=O)=O)c3)c2C#N)cc1. The minimum atomic E-state index is -3.92. The summed E-state index contributed by atoms with van der Waals surface area (Å²) in [6.07, 6.45) is 0. The van der Waals surface area contributed by atoms with Crippen molar-refractivity contribution in [3.8, 4) is 17.3 Å². The van der Waals surface area contributed by atoms with Gasteiger partial charge in [0.2, 0.25) is 10.0 Å². The maximum absolute atomic E-state index is 12.6. The van der Waals surface area contributed by atoms with E-state index in [1.807, 2.05) is 37.3 Å². The first-order valence-electron chi connectivity index (χ1n) is 10.7. The van der Waals surface area contributed by atoms with Crippen molar-refractivity contribution < 1.29 is 13.2 Å². The number of thioether (sulfide) groups is 1. The van der Waals surface area contributed by atoms with Crippen molar-refractivity contribution in [3.63, 3.8) is 0 Å². The van der Waals surface area contributed by atoms with E-state index in [0.29, 0.717) is 27.7 Å². The zero-order valence-corrected chi connectivity index (χ0v) is 20.8. The molecule has 0 spiro atoms. The number of nitrogens with two attached hydrogens (primary N) is 1. The van der Waals surface area contributed by atoms with Crippen LogP contribution in [0.5, 0.6) is 0 Å². The molecule has 3 N–H and O–H groups in total. The van der Waals surface area contributed by atoms with Crippen molar-refractivity contribution in [2.24, 2.45) is 5.14 Å². The predicted octanol–water partition coefficient (Wildman–Crippen LogP) is 4.69. The molecule has 0 radical (unpaired) electrons. The summed E-state index contributed by atoms with van der Waals surface area (Å²) in [5, 5.41) is 18.6. The number of benzene rings is 3. The Morgan fingerprint density at radius 1 is 1.03 bits per heavy atom. The third-order valence-corrected chi connectivity index (χ3v) is 6.94. The van der Waals surface area contributed by atoms with Gasteiger partial charge in [0.15, 0.2) is 16.8 Å². The predicted molar refractivity (Wildman–Crippen MR) is 140 cm³/mol. The molecule has 1 aromatic heterocycles. The van der Waals surface area contributed by atoms with Crippen LogP contribution in [-0.4, -0.2) is 29.9 Å². The first-order chi connectivity index (χ1) is 17.2. The Morgan fingerprint density at radius 3 is 2.42 bits per heavy atom. The molecule has 0 aliphatic heterocycles. The Labute approximate surface area is 213 Å². The highest BCUT2D eigenvalue weighted by Gasteiger charge is 2.18. The molecule has 0 unspecified atom stereocenters. The van der Waals surface area contributed by atoms with Crippen LogP contribution in [0.4, 0.5) is 11.5 Å². The van der Waals surface area contributed by atoms with Gasteiger partial charge in [0.25, 0.3) is 0 Å². The summed E-state index contributed by atoms with van der Waals surface area (Å²) in [5.41, 5.74) is 3.29. The third-order valence-electron chi connectivity index (χ3n) is 5.18. The summed E-state index contributed by atoms with van der Waals surface area (Å²) >= 11 is 1.15. The molecule has 180 valence electrons.